The zero-order valence-corrected chi connectivity index (χ0v) is 20.8. The van der Waals surface area contributed by atoms with Crippen LogP contribution in [-0.2, 0) is 0 Å². The van der Waals surface area contributed by atoms with Crippen molar-refractivity contribution in [1.29, 1.82) is 0 Å². The van der Waals surface area contributed by atoms with Crippen LogP contribution in [0.1, 0.15) is 106 Å². The second-order valence-corrected chi connectivity index (χ2v) is 12.6. The summed E-state index contributed by atoms with van der Waals surface area (Å²) < 4.78 is 0. The maximum absolute atomic E-state index is 10.7. The van der Waals surface area contributed by atoms with Gasteiger partial charge >= 0.3 is 0 Å². The molecule has 30 heavy (non-hydrogen) atoms. The van der Waals surface area contributed by atoms with Gasteiger partial charge in [-0.15, -0.1) is 0 Å². The molecule has 0 heterocycles. The van der Waals surface area contributed by atoms with Crippen LogP contribution >= 0.6 is 0 Å². The lowest BCUT2D eigenvalue weighted by atomic mass is 9.46. The molecule has 4 aliphatic rings. The van der Waals surface area contributed by atoms with E-state index in [0.29, 0.717) is 16.7 Å². The van der Waals surface area contributed by atoms with Crippen LogP contribution in [0, 0.1) is 34.0 Å². The van der Waals surface area contributed by atoms with Crippen LogP contribution in [0.25, 0.3) is 0 Å². The van der Waals surface area contributed by atoms with Gasteiger partial charge in [0.2, 0.25) is 0 Å². The minimum Gasteiger partial charge on any atom is -0.393 e. The summed E-state index contributed by atoms with van der Waals surface area (Å²) in [5, 5.41) is 10.7. The van der Waals surface area contributed by atoms with E-state index in [2.05, 4.69) is 60.6 Å². The van der Waals surface area contributed by atoms with Crippen LogP contribution in [0.15, 0.2) is 34.4 Å². The summed E-state index contributed by atoms with van der Waals surface area (Å²) in [6.45, 7) is 16.8. The maximum Gasteiger partial charge on any atom is 0.0594 e. The Labute approximate surface area is 186 Å². The van der Waals surface area contributed by atoms with Crippen LogP contribution in [0.5, 0.6) is 0 Å². The number of aliphatic hydroxyl groups is 1. The summed E-state index contributed by atoms with van der Waals surface area (Å²) in [4.78, 5) is 0. The first-order chi connectivity index (χ1) is 14.0. The highest BCUT2D eigenvalue weighted by Crippen LogP contribution is 2.66. The van der Waals surface area contributed by atoms with E-state index in [1.165, 1.54) is 56.9 Å². The molecule has 168 valence electrons. The highest BCUT2D eigenvalue weighted by molar-refractivity contribution is 5.49. The van der Waals surface area contributed by atoms with Gasteiger partial charge < -0.3 is 5.11 Å². The average Bonchev–Trinajstić information content (AvgIpc) is 3.02. The van der Waals surface area contributed by atoms with Gasteiger partial charge in [0.15, 0.2) is 0 Å². The SMILES string of the molecule is CC(C)=CCC[C@@H](C)[C@H]1CC=C2C3=C(CC[C@@]21C)[C@@]1(C)CCC(O)C(C)(C)[C@@H]1CC3. The lowest BCUT2D eigenvalue weighted by Crippen LogP contribution is -2.53. The van der Waals surface area contributed by atoms with Crippen molar-refractivity contribution in [3.63, 3.8) is 0 Å². The zero-order chi connectivity index (χ0) is 21.9. The molecule has 0 saturated heterocycles. The molecule has 0 bridgehead atoms. The van der Waals surface area contributed by atoms with E-state index in [4.69, 9.17) is 0 Å². The molecule has 0 aliphatic heterocycles. The van der Waals surface area contributed by atoms with Crippen molar-refractivity contribution < 1.29 is 5.11 Å². The molecule has 0 amide bonds. The van der Waals surface area contributed by atoms with E-state index in [-0.39, 0.29) is 11.5 Å². The Morgan fingerprint density at radius 3 is 2.53 bits per heavy atom. The van der Waals surface area contributed by atoms with Crippen molar-refractivity contribution in [1.82, 2.24) is 0 Å². The average molecular weight is 411 g/mol. The van der Waals surface area contributed by atoms with E-state index in [1.807, 2.05) is 0 Å². The fraction of sp³-hybridized carbons (Fsp3) is 0.793. The van der Waals surface area contributed by atoms with Gasteiger partial charge in [0.05, 0.1) is 6.10 Å². The Bertz CT molecular complexity index is 776. The molecule has 6 atom stereocenters. The fourth-order valence-electron chi connectivity index (χ4n) is 8.41. The number of hydrogen-bond acceptors (Lipinski definition) is 1. The first-order valence-electron chi connectivity index (χ1n) is 12.8. The van der Waals surface area contributed by atoms with Gasteiger partial charge in [-0.1, -0.05) is 57.9 Å². The highest BCUT2D eigenvalue weighted by Gasteiger charge is 2.57. The van der Waals surface area contributed by atoms with Gasteiger partial charge in [0.1, 0.15) is 0 Å². The standard InChI is InChI=1S/C29H46O/c1-19(2)9-8-10-20(3)22-12-13-23-21-11-14-25-27(4,5)26(30)16-18-29(25,7)24(21)15-17-28(22,23)6/h9,13,20,22,25-26,30H,8,10-12,14-18H2,1-7H3/t20-,22-,25+,26?,28-,29-/m1/s1. The minimum absolute atomic E-state index is 0.0400. The summed E-state index contributed by atoms with van der Waals surface area (Å²) in [5.41, 5.74) is 7.47. The molecule has 1 fully saturated rings. The smallest absolute Gasteiger partial charge is 0.0594 e. The lowest BCUT2D eigenvalue weighted by molar-refractivity contribution is -0.0905. The second-order valence-electron chi connectivity index (χ2n) is 12.6. The Kier molecular flexibility index (Phi) is 5.70. The quantitative estimate of drug-likeness (QED) is 0.465. The van der Waals surface area contributed by atoms with Crippen molar-refractivity contribution in [2.45, 2.75) is 112 Å². The molecule has 0 aromatic heterocycles. The number of rotatable bonds is 4. The van der Waals surface area contributed by atoms with Crippen LogP contribution in [0.2, 0.25) is 0 Å². The molecule has 0 radical (unpaired) electrons. The van der Waals surface area contributed by atoms with Crippen molar-refractivity contribution in [3.8, 4) is 0 Å². The molecule has 0 aromatic carbocycles. The third kappa shape index (κ3) is 3.30. The Morgan fingerprint density at radius 1 is 1.10 bits per heavy atom. The monoisotopic (exact) mass is 410 g/mol. The molecule has 4 rings (SSSR count). The predicted molar refractivity (Wildman–Crippen MR) is 128 cm³/mol. The Morgan fingerprint density at radius 2 is 1.83 bits per heavy atom. The van der Waals surface area contributed by atoms with Crippen molar-refractivity contribution >= 4 is 0 Å². The fourth-order valence-corrected chi connectivity index (χ4v) is 8.41. The predicted octanol–water partition coefficient (Wildman–Crippen LogP) is 8.01. The topological polar surface area (TPSA) is 20.2 Å². The highest BCUT2D eigenvalue weighted by atomic mass is 16.3. The number of aliphatic hydroxyl groups excluding tert-OH is 1. The molecular formula is C29H46O. The summed E-state index contributed by atoms with van der Waals surface area (Å²) in [5.74, 6) is 2.22. The molecule has 1 heteroatoms. The molecule has 0 aromatic rings. The summed E-state index contributed by atoms with van der Waals surface area (Å²) in [6, 6.07) is 0. The summed E-state index contributed by atoms with van der Waals surface area (Å²) in [6.07, 6.45) is 16.0. The zero-order valence-electron chi connectivity index (χ0n) is 20.8. The maximum atomic E-state index is 10.7. The molecule has 1 saturated carbocycles. The molecule has 1 nitrogen and oxygen atoms in total. The first kappa shape index (κ1) is 22.4. The van der Waals surface area contributed by atoms with Gasteiger partial charge in [-0.3, -0.25) is 0 Å². The number of allylic oxidation sites excluding steroid dienone is 6. The summed E-state index contributed by atoms with van der Waals surface area (Å²) >= 11 is 0. The van der Waals surface area contributed by atoms with E-state index in [9.17, 15) is 5.11 Å². The molecule has 4 aliphatic carbocycles. The van der Waals surface area contributed by atoms with Crippen LogP contribution in [0.3, 0.4) is 0 Å². The third-order valence-electron chi connectivity index (χ3n) is 10.3. The third-order valence-corrected chi connectivity index (χ3v) is 10.3. The molecule has 1 N–H and O–H groups in total. The Hall–Kier alpha value is -0.820. The van der Waals surface area contributed by atoms with E-state index in [1.54, 1.807) is 16.7 Å². The first-order valence-corrected chi connectivity index (χ1v) is 12.8. The van der Waals surface area contributed by atoms with Gasteiger partial charge in [0.25, 0.3) is 0 Å². The Balaban J connectivity index is 1.60. The van der Waals surface area contributed by atoms with Crippen LogP contribution < -0.4 is 0 Å². The van der Waals surface area contributed by atoms with Crippen molar-refractivity contribution in [2.24, 2.45) is 34.0 Å². The van der Waals surface area contributed by atoms with Gasteiger partial charge in [-0.2, -0.15) is 0 Å². The van der Waals surface area contributed by atoms with Crippen LogP contribution in [-0.4, -0.2) is 11.2 Å². The van der Waals surface area contributed by atoms with E-state index < -0.39 is 0 Å². The summed E-state index contributed by atoms with van der Waals surface area (Å²) in [7, 11) is 0. The lowest BCUT2D eigenvalue weighted by Gasteiger charge is -2.59. The largest absolute Gasteiger partial charge is 0.393 e. The molecule has 0 spiro atoms. The van der Waals surface area contributed by atoms with E-state index >= 15 is 0 Å². The minimum atomic E-state index is -0.136. The van der Waals surface area contributed by atoms with E-state index in [0.717, 1.165) is 18.3 Å². The van der Waals surface area contributed by atoms with Crippen molar-refractivity contribution in [3.05, 3.63) is 34.4 Å². The number of fused-ring (bicyclic) bond motifs is 4. The molecule has 1 unspecified atom stereocenters. The number of hydrogen-bond donors (Lipinski definition) is 1. The molecular weight excluding hydrogens is 364 g/mol. The van der Waals surface area contributed by atoms with Gasteiger partial charge in [-0.05, 0) is 117 Å². The normalized spacial score (nSPS) is 40.8. The van der Waals surface area contributed by atoms with Gasteiger partial charge in [-0.25, -0.2) is 0 Å². The van der Waals surface area contributed by atoms with Gasteiger partial charge in [0, 0.05) is 0 Å². The van der Waals surface area contributed by atoms with Crippen molar-refractivity contribution in [2.75, 3.05) is 0 Å². The van der Waals surface area contributed by atoms with Crippen LogP contribution in [0.4, 0.5) is 0 Å². The second kappa shape index (κ2) is 7.65.